The minimum atomic E-state index is -1.09. The summed E-state index contributed by atoms with van der Waals surface area (Å²) in [6, 6.07) is 6.15. The summed E-state index contributed by atoms with van der Waals surface area (Å²) in [5, 5.41) is 9.01. The number of nitrogens with zero attached hydrogens (tertiary/aromatic N) is 2. The number of anilines is 1. The van der Waals surface area contributed by atoms with Gasteiger partial charge in [0.1, 0.15) is 12.6 Å². The van der Waals surface area contributed by atoms with Crippen LogP contribution in [0.15, 0.2) is 24.3 Å². The molecule has 1 aromatic rings. The standard InChI is InChI=1S/C14H14N2O4/c17-12(18)8-16-10-5-2-1-4-9(10)13(19)15-7-3-6-11(15)14(16)20/h1-2,4-5,11H,3,6-8H2,(H,17,18)/t11-/m0/s1. The zero-order valence-electron chi connectivity index (χ0n) is 10.8. The van der Waals surface area contributed by atoms with Crippen LogP contribution in [0.2, 0.25) is 0 Å². The van der Waals surface area contributed by atoms with Crippen molar-refractivity contribution in [3.05, 3.63) is 29.8 Å². The SMILES string of the molecule is O=C(O)CN1C(=O)[C@@H]2CCCN2C(=O)c2ccccc21. The summed E-state index contributed by atoms with van der Waals surface area (Å²) >= 11 is 0. The molecule has 0 unspecified atom stereocenters. The molecule has 1 atom stereocenters. The van der Waals surface area contributed by atoms with Crippen molar-refractivity contribution in [3.8, 4) is 0 Å². The van der Waals surface area contributed by atoms with Gasteiger partial charge in [-0.15, -0.1) is 0 Å². The van der Waals surface area contributed by atoms with Crippen molar-refractivity contribution in [2.45, 2.75) is 18.9 Å². The number of benzene rings is 1. The first-order valence-corrected chi connectivity index (χ1v) is 6.53. The van der Waals surface area contributed by atoms with Gasteiger partial charge in [0.15, 0.2) is 0 Å². The molecule has 104 valence electrons. The molecular formula is C14H14N2O4. The molecule has 6 nitrogen and oxygen atoms in total. The molecule has 6 heteroatoms. The minimum absolute atomic E-state index is 0.190. The van der Waals surface area contributed by atoms with E-state index in [1.807, 2.05) is 0 Å². The maximum absolute atomic E-state index is 12.5. The molecule has 0 spiro atoms. The van der Waals surface area contributed by atoms with Crippen LogP contribution in [0, 0.1) is 0 Å². The topological polar surface area (TPSA) is 77.9 Å². The third-order valence-corrected chi connectivity index (χ3v) is 3.78. The predicted octanol–water partition coefficient (Wildman–Crippen LogP) is 0.722. The average molecular weight is 274 g/mol. The van der Waals surface area contributed by atoms with Crippen LogP contribution in [-0.4, -0.2) is 46.9 Å². The number of rotatable bonds is 2. The van der Waals surface area contributed by atoms with Crippen molar-refractivity contribution in [2.24, 2.45) is 0 Å². The summed E-state index contributed by atoms with van der Waals surface area (Å²) in [5.74, 6) is -1.58. The minimum Gasteiger partial charge on any atom is -0.480 e. The molecule has 1 saturated heterocycles. The number of carbonyl (C=O) groups is 3. The molecule has 2 heterocycles. The van der Waals surface area contributed by atoms with Crippen LogP contribution in [-0.2, 0) is 9.59 Å². The number of hydrogen-bond donors (Lipinski definition) is 1. The summed E-state index contributed by atoms with van der Waals surface area (Å²) in [7, 11) is 0. The highest BCUT2D eigenvalue weighted by atomic mass is 16.4. The number of carbonyl (C=O) groups excluding carboxylic acids is 2. The monoisotopic (exact) mass is 274 g/mol. The van der Waals surface area contributed by atoms with Gasteiger partial charge < -0.3 is 10.0 Å². The zero-order valence-corrected chi connectivity index (χ0v) is 10.8. The highest BCUT2D eigenvalue weighted by Gasteiger charge is 2.42. The first kappa shape index (κ1) is 12.7. The predicted molar refractivity (Wildman–Crippen MR) is 70.5 cm³/mol. The summed E-state index contributed by atoms with van der Waals surface area (Å²) < 4.78 is 0. The Hall–Kier alpha value is -2.37. The Morgan fingerprint density at radius 3 is 2.80 bits per heavy atom. The Kier molecular flexibility index (Phi) is 2.93. The average Bonchev–Trinajstić information content (AvgIpc) is 2.89. The number of para-hydroxylation sites is 1. The second-order valence-corrected chi connectivity index (χ2v) is 4.99. The van der Waals surface area contributed by atoms with Gasteiger partial charge in [-0.05, 0) is 25.0 Å². The fourth-order valence-corrected chi connectivity index (χ4v) is 2.91. The van der Waals surface area contributed by atoms with Gasteiger partial charge in [0.2, 0.25) is 5.91 Å². The van der Waals surface area contributed by atoms with E-state index in [0.29, 0.717) is 24.2 Å². The smallest absolute Gasteiger partial charge is 0.323 e. The van der Waals surface area contributed by atoms with Crippen LogP contribution in [0.1, 0.15) is 23.2 Å². The highest BCUT2D eigenvalue weighted by molar-refractivity contribution is 6.12. The largest absolute Gasteiger partial charge is 0.480 e. The maximum atomic E-state index is 12.5. The number of aliphatic carboxylic acids is 1. The van der Waals surface area contributed by atoms with Crippen molar-refractivity contribution in [1.29, 1.82) is 0 Å². The second-order valence-electron chi connectivity index (χ2n) is 4.99. The Morgan fingerprint density at radius 1 is 1.30 bits per heavy atom. The maximum Gasteiger partial charge on any atom is 0.323 e. The van der Waals surface area contributed by atoms with Crippen LogP contribution in [0.5, 0.6) is 0 Å². The number of amides is 2. The fourth-order valence-electron chi connectivity index (χ4n) is 2.91. The van der Waals surface area contributed by atoms with Crippen molar-refractivity contribution < 1.29 is 19.5 Å². The molecule has 0 radical (unpaired) electrons. The second kappa shape index (κ2) is 4.63. The molecule has 2 aliphatic rings. The number of fused-ring (bicyclic) bond motifs is 2. The van der Waals surface area contributed by atoms with E-state index in [2.05, 4.69) is 0 Å². The van der Waals surface area contributed by atoms with Gasteiger partial charge in [0.25, 0.3) is 5.91 Å². The third-order valence-electron chi connectivity index (χ3n) is 3.78. The van der Waals surface area contributed by atoms with Gasteiger partial charge in [-0.2, -0.15) is 0 Å². The van der Waals surface area contributed by atoms with Gasteiger partial charge in [0, 0.05) is 6.54 Å². The summed E-state index contributed by atoms with van der Waals surface area (Å²) in [6.45, 7) is 0.123. The Bertz CT molecular complexity index is 599. The number of carboxylic acids is 1. The molecule has 0 bridgehead atoms. The van der Waals surface area contributed by atoms with E-state index < -0.39 is 18.6 Å². The van der Waals surface area contributed by atoms with Gasteiger partial charge >= 0.3 is 5.97 Å². The number of hydrogen-bond acceptors (Lipinski definition) is 3. The van der Waals surface area contributed by atoms with E-state index in [-0.39, 0.29) is 11.8 Å². The van der Waals surface area contributed by atoms with E-state index in [0.717, 1.165) is 6.42 Å². The lowest BCUT2D eigenvalue weighted by molar-refractivity contribution is -0.137. The molecule has 1 N–H and O–H groups in total. The quantitative estimate of drug-likeness (QED) is 0.862. The fraction of sp³-hybridized carbons (Fsp3) is 0.357. The van der Waals surface area contributed by atoms with Crippen molar-refractivity contribution in [3.63, 3.8) is 0 Å². The van der Waals surface area contributed by atoms with Gasteiger partial charge in [-0.1, -0.05) is 12.1 Å². The van der Waals surface area contributed by atoms with Crippen LogP contribution >= 0.6 is 0 Å². The van der Waals surface area contributed by atoms with Crippen LogP contribution in [0.25, 0.3) is 0 Å². The molecule has 1 aromatic carbocycles. The Labute approximate surface area is 115 Å². The first-order valence-electron chi connectivity index (χ1n) is 6.53. The molecule has 0 saturated carbocycles. The van der Waals surface area contributed by atoms with E-state index in [4.69, 9.17) is 5.11 Å². The highest BCUT2D eigenvalue weighted by Crippen LogP contribution is 2.31. The lowest BCUT2D eigenvalue weighted by Crippen LogP contribution is -2.46. The lowest BCUT2D eigenvalue weighted by atomic mass is 10.1. The van der Waals surface area contributed by atoms with Crippen molar-refractivity contribution >= 4 is 23.5 Å². The van der Waals surface area contributed by atoms with E-state index >= 15 is 0 Å². The molecule has 3 rings (SSSR count). The summed E-state index contributed by atoms with van der Waals surface area (Å²) in [5.41, 5.74) is 0.783. The van der Waals surface area contributed by atoms with Gasteiger partial charge in [-0.25, -0.2) is 0 Å². The lowest BCUT2D eigenvalue weighted by Gasteiger charge is -2.24. The van der Waals surface area contributed by atoms with Crippen LogP contribution in [0.3, 0.4) is 0 Å². The molecular weight excluding hydrogens is 260 g/mol. The van der Waals surface area contributed by atoms with Crippen molar-refractivity contribution in [2.75, 3.05) is 18.0 Å². The Morgan fingerprint density at radius 2 is 2.05 bits per heavy atom. The molecule has 2 amide bonds. The van der Waals surface area contributed by atoms with Crippen LogP contribution < -0.4 is 4.90 Å². The molecule has 20 heavy (non-hydrogen) atoms. The molecule has 2 aliphatic heterocycles. The Balaban J connectivity index is 2.13. The van der Waals surface area contributed by atoms with Gasteiger partial charge in [0.05, 0.1) is 11.3 Å². The molecule has 0 aliphatic carbocycles. The van der Waals surface area contributed by atoms with E-state index in [1.165, 1.54) is 4.90 Å². The molecule has 0 aromatic heterocycles. The van der Waals surface area contributed by atoms with E-state index in [1.54, 1.807) is 29.2 Å². The number of carboxylic acid groups (broad SMARTS) is 1. The van der Waals surface area contributed by atoms with Crippen LogP contribution in [0.4, 0.5) is 5.69 Å². The van der Waals surface area contributed by atoms with Gasteiger partial charge in [-0.3, -0.25) is 19.3 Å². The summed E-state index contributed by atoms with van der Waals surface area (Å²) in [4.78, 5) is 38.8. The first-order chi connectivity index (χ1) is 9.59. The van der Waals surface area contributed by atoms with E-state index in [9.17, 15) is 14.4 Å². The summed E-state index contributed by atoms with van der Waals surface area (Å²) in [6.07, 6.45) is 1.36. The third kappa shape index (κ3) is 1.84. The van der Waals surface area contributed by atoms with Crippen molar-refractivity contribution in [1.82, 2.24) is 4.90 Å². The normalized spacial score (nSPS) is 21.5. The zero-order chi connectivity index (χ0) is 14.3. The molecule has 1 fully saturated rings.